The van der Waals surface area contributed by atoms with Gasteiger partial charge in [-0.3, -0.25) is 0 Å². The molecule has 0 amide bonds. The van der Waals surface area contributed by atoms with Gasteiger partial charge in [0.05, 0.1) is 10.5 Å². The average Bonchev–Trinajstić information content (AvgIpc) is 2.99. The van der Waals surface area contributed by atoms with Crippen molar-refractivity contribution < 1.29 is 21.6 Å². The maximum Gasteiger partial charge on any atom is 0.416 e. The fraction of sp³-hybridized carbons (Fsp3) is 0.538. The zero-order valence-corrected chi connectivity index (χ0v) is 11.9. The van der Waals surface area contributed by atoms with E-state index in [-0.39, 0.29) is 16.9 Å². The Hall–Kier alpha value is -1.12. The number of nitrogens with zero attached hydrogens (tertiary/aromatic N) is 1. The molecule has 0 unspecified atom stereocenters. The van der Waals surface area contributed by atoms with Gasteiger partial charge >= 0.3 is 6.18 Å². The monoisotopic (exact) mass is 320 g/mol. The van der Waals surface area contributed by atoms with Crippen LogP contribution < -0.4 is 5.32 Å². The molecule has 3 rings (SSSR count). The fourth-order valence-electron chi connectivity index (χ4n) is 3.08. The number of fused-ring (bicyclic) bond motifs is 1. The molecule has 0 aromatic heterocycles. The molecule has 4 nitrogen and oxygen atoms in total. The van der Waals surface area contributed by atoms with Gasteiger partial charge < -0.3 is 5.32 Å². The lowest BCUT2D eigenvalue weighted by atomic mass is 10.1. The van der Waals surface area contributed by atoms with Gasteiger partial charge in [0.25, 0.3) is 0 Å². The number of rotatable bonds is 2. The van der Waals surface area contributed by atoms with E-state index in [2.05, 4.69) is 5.32 Å². The molecule has 8 heteroatoms. The third-order valence-electron chi connectivity index (χ3n) is 4.16. The van der Waals surface area contributed by atoms with Gasteiger partial charge in [0.1, 0.15) is 0 Å². The van der Waals surface area contributed by atoms with E-state index in [4.69, 9.17) is 0 Å². The largest absolute Gasteiger partial charge is 0.416 e. The zero-order chi connectivity index (χ0) is 15.3. The van der Waals surface area contributed by atoms with Crippen LogP contribution in [-0.4, -0.2) is 38.4 Å². The van der Waals surface area contributed by atoms with E-state index in [1.807, 2.05) is 0 Å². The van der Waals surface area contributed by atoms with E-state index in [9.17, 15) is 21.6 Å². The highest BCUT2D eigenvalue weighted by molar-refractivity contribution is 7.89. The van der Waals surface area contributed by atoms with E-state index in [1.54, 1.807) is 0 Å². The molecule has 0 saturated carbocycles. The smallest absolute Gasteiger partial charge is 0.315 e. The molecule has 2 aliphatic heterocycles. The highest BCUT2D eigenvalue weighted by Crippen LogP contribution is 2.35. The highest BCUT2D eigenvalue weighted by atomic mass is 32.2. The molecule has 2 atom stereocenters. The minimum Gasteiger partial charge on any atom is -0.315 e. The molecule has 0 spiro atoms. The standard InChI is InChI=1S/C13H15F3N2O2S/c14-13(15,16)10-2-1-3-11(6-10)21(19,20)18-5-4-9-7-17-8-12(9)18/h1-3,6,9,12,17H,4-5,7-8H2/t9-,12+/m1/s1. The Bertz CT molecular complexity index is 645. The molecule has 0 aliphatic carbocycles. The van der Waals surface area contributed by atoms with Crippen molar-refractivity contribution in [3.05, 3.63) is 29.8 Å². The molecule has 116 valence electrons. The number of hydrogen-bond donors (Lipinski definition) is 1. The van der Waals surface area contributed by atoms with Crippen molar-refractivity contribution in [2.75, 3.05) is 19.6 Å². The summed E-state index contributed by atoms with van der Waals surface area (Å²) in [6.07, 6.45) is -3.80. The Morgan fingerprint density at radius 1 is 1.24 bits per heavy atom. The lowest BCUT2D eigenvalue weighted by Crippen LogP contribution is -2.39. The summed E-state index contributed by atoms with van der Waals surface area (Å²) in [5, 5.41) is 3.13. The van der Waals surface area contributed by atoms with Gasteiger partial charge in [0, 0.05) is 19.1 Å². The van der Waals surface area contributed by atoms with E-state index in [1.165, 1.54) is 10.4 Å². The van der Waals surface area contributed by atoms with Crippen LogP contribution in [0, 0.1) is 5.92 Å². The van der Waals surface area contributed by atoms with E-state index in [0.29, 0.717) is 19.2 Å². The first-order valence-electron chi connectivity index (χ1n) is 6.70. The Balaban J connectivity index is 1.95. The second-order valence-corrected chi connectivity index (χ2v) is 7.31. The first kappa shape index (κ1) is 14.8. The first-order valence-corrected chi connectivity index (χ1v) is 8.14. The van der Waals surface area contributed by atoms with Crippen molar-refractivity contribution in [2.45, 2.75) is 23.5 Å². The average molecular weight is 320 g/mol. The predicted octanol–water partition coefficient (Wildman–Crippen LogP) is 1.69. The van der Waals surface area contributed by atoms with Crippen LogP contribution in [0.1, 0.15) is 12.0 Å². The minimum atomic E-state index is -4.55. The van der Waals surface area contributed by atoms with Crippen LogP contribution >= 0.6 is 0 Å². The molecular formula is C13H15F3N2O2S. The summed E-state index contributed by atoms with van der Waals surface area (Å²) in [5.41, 5.74) is -0.941. The summed E-state index contributed by atoms with van der Waals surface area (Å²) in [5.74, 6) is 0.255. The third kappa shape index (κ3) is 2.56. The van der Waals surface area contributed by atoms with Crippen molar-refractivity contribution in [3.8, 4) is 0 Å². The quantitative estimate of drug-likeness (QED) is 0.902. The first-order chi connectivity index (χ1) is 9.80. The van der Waals surface area contributed by atoms with Crippen LogP contribution in [-0.2, 0) is 16.2 Å². The zero-order valence-electron chi connectivity index (χ0n) is 11.1. The second kappa shape index (κ2) is 4.96. The topological polar surface area (TPSA) is 49.4 Å². The van der Waals surface area contributed by atoms with Crippen LogP contribution in [0.4, 0.5) is 13.2 Å². The summed E-state index contributed by atoms with van der Waals surface area (Å²) in [4.78, 5) is -0.287. The van der Waals surface area contributed by atoms with Gasteiger partial charge in [-0.1, -0.05) is 6.07 Å². The molecular weight excluding hydrogens is 305 g/mol. The Morgan fingerprint density at radius 2 is 2.00 bits per heavy atom. The molecule has 1 N–H and O–H groups in total. The molecule has 2 fully saturated rings. The van der Waals surface area contributed by atoms with E-state index >= 15 is 0 Å². The predicted molar refractivity (Wildman–Crippen MR) is 70.1 cm³/mol. The van der Waals surface area contributed by atoms with Crippen molar-refractivity contribution >= 4 is 10.0 Å². The van der Waals surface area contributed by atoms with Crippen LogP contribution in [0.2, 0.25) is 0 Å². The van der Waals surface area contributed by atoms with Gasteiger partial charge in [-0.05, 0) is 37.1 Å². The minimum absolute atomic E-state index is 0.149. The van der Waals surface area contributed by atoms with Gasteiger partial charge in [-0.15, -0.1) is 0 Å². The molecule has 1 aromatic rings. The van der Waals surface area contributed by atoms with E-state index < -0.39 is 21.8 Å². The number of halogens is 3. The lowest BCUT2D eigenvalue weighted by molar-refractivity contribution is -0.137. The van der Waals surface area contributed by atoms with Crippen molar-refractivity contribution in [3.63, 3.8) is 0 Å². The fourth-order valence-corrected chi connectivity index (χ4v) is 4.82. The maximum atomic E-state index is 12.7. The summed E-state index contributed by atoms with van der Waals surface area (Å²) in [7, 11) is -3.88. The van der Waals surface area contributed by atoms with Crippen molar-refractivity contribution in [2.24, 2.45) is 5.92 Å². The number of nitrogens with one attached hydrogen (secondary N) is 1. The summed E-state index contributed by atoms with van der Waals surface area (Å²) in [6.45, 7) is 1.69. The normalized spacial score (nSPS) is 27.0. The lowest BCUT2D eigenvalue weighted by Gasteiger charge is -2.23. The van der Waals surface area contributed by atoms with Crippen molar-refractivity contribution in [1.29, 1.82) is 0 Å². The molecule has 2 heterocycles. The molecule has 0 bridgehead atoms. The molecule has 1 aromatic carbocycles. The Morgan fingerprint density at radius 3 is 2.71 bits per heavy atom. The summed E-state index contributed by atoms with van der Waals surface area (Å²) in [6, 6.07) is 3.80. The van der Waals surface area contributed by atoms with Gasteiger partial charge in [0.15, 0.2) is 0 Å². The number of alkyl halides is 3. The third-order valence-corrected chi connectivity index (χ3v) is 6.08. The Kier molecular flexibility index (Phi) is 3.50. The van der Waals surface area contributed by atoms with Gasteiger partial charge in [-0.2, -0.15) is 17.5 Å². The van der Waals surface area contributed by atoms with Crippen LogP contribution in [0.3, 0.4) is 0 Å². The Labute approximate surface area is 121 Å². The summed E-state index contributed by atoms with van der Waals surface area (Å²) >= 11 is 0. The molecule has 2 aliphatic rings. The van der Waals surface area contributed by atoms with Gasteiger partial charge in [0.2, 0.25) is 10.0 Å². The highest BCUT2D eigenvalue weighted by Gasteiger charge is 2.44. The number of benzene rings is 1. The number of sulfonamides is 1. The van der Waals surface area contributed by atoms with E-state index in [0.717, 1.165) is 25.1 Å². The molecule has 21 heavy (non-hydrogen) atoms. The van der Waals surface area contributed by atoms with Crippen LogP contribution in [0.25, 0.3) is 0 Å². The SMILES string of the molecule is O=S(=O)(c1cccc(C(F)(F)F)c1)N1CC[C@@H]2CNC[C@@H]21. The maximum absolute atomic E-state index is 12.7. The second-order valence-electron chi connectivity index (χ2n) is 5.42. The van der Waals surface area contributed by atoms with Gasteiger partial charge in [-0.25, -0.2) is 8.42 Å². The van der Waals surface area contributed by atoms with Crippen LogP contribution in [0.15, 0.2) is 29.2 Å². The number of hydrogen-bond acceptors (Lipinski definition) is 3. The summed E-state index contributed by atoms with van der Waals surface area (Å²) < 4.78 is 64.7. The molecule has 2 saturated heterocycles. The molecule has 0 radical (unpaired) electrons. The van der Waals surface area contributed by atoms with Crippen molar-refractivity contribution in [1.82, 2.24) is 9.62 Å². The van der Waals surface area contributed by atoms with Crippen LogP contribution in [0.5, 0.6) is 0 Å².